The molecule has 0 unspecified atom stereocenters. The number of rotatable bonds is 7. The van der Waals surface area contributed by atoms with E-state index in [9.17, 15) is 5.26 Å². The summed E-state index contributed by atoms with van der Waals surface area (Å²) < 4.78 is 6.18. The Morgan fingerprint density at radius 3 is 2.26 bits per heavy atom. The molecule has 31 heavy (non-hydrogen) atoms. The van der Waals surface area contributed by atoms with Crippen molar-refractivity contribution in [3.8, 4) is 23.1 Å². The average Bonchev–Trinajstić information content (AvgIpc) is 2.77. The molecular weight excluding hydrogens is 380 g/mol. The van der Waals surface area contributed by atoms with Gasteiger partial charge >= 0.3 is 0 Å². The van der Waals surface area contributed by atoms with Crippen LogP contribution in [0.3, 0.4) is 0 Å². The second kappa shape index (κ2) is 9.79. The Labute approximate surface area is 186 Å². The van der Waals surface area contributed by atoms with E-state index in [2.05, 4.69) is 70.2 Å². The molecule has 160 valence electrons. The van der Waals surface area contributed by atoms with Crippen LogP contribution in [-0.4, -0.2) is 4.98 Å². The molecule has 3 nitrogen and oxygen atoms in total. The predicted octanol–water partition coefficient (Wildman–Crippen LogP) is 7.06. The van der Waals surface area contributed by atoms with Crippen LogP contribution in [0.5, 0.6) is 5.75 Å². The average molecular weight is 413 g/mol. The fourth-order valence-electron chi connectivity index (χ4n) is 3.96. The van der Waals surface area contributed by atoms with Crippen molar-refractivity contribution in [2.45, 2.75) is 66.9 Å². The van der Waals surface area contributed by atoms with Crippen LogP contribution in [0, 0.1) is 25.2 Å². The number of hydrogen-bond donors (Lipinski definition) is 0. The monoisotopic (exact) mass is 412 g/mol. The zero-order valence-electron chi connectivity index (χ0n) is 19.5. The normalized spacial score (nSPS) is 10.9. The lowest BCUT2D eigenvalue weighted by Gasteiger charge is -2.17. The number of ether oxygens (including phenoxy) is 1. The van der Waals surface area contributed by atoms with Gasteiger partial charge in [-0.3, -0.25) is 4.98 Å². The Bertz CT molecular complexity index is 1100. The van der Waals surface area contributed by atoms with Crippen molar-refractivity contribution >= 4 is 0 Å². The summed E-state index contributed by atoms with van der Waals surface area (Å²) in [5.41, 5.74) is 9.25. The highest BCUT2D eigenvalue weighted by Gasteiger charge is 2.16. The Morgan fingerprint density at radius 2 is 1.68 bits per heavy atom. The number of aryl methyl sites for hydroxylation is 4. The molecule has 0 fully saturated rings. The van der Waals surface area contributed by atoms with Gasteiger partial charge in [-0.25, -0.2) is 0 Å². The fourth-order valence-corrected chi connectivity index (χ4v) is 3.96. The molecule has 0 bridgehead atoms. The maximum Gasteiger partial charge on any atom is 0.123 e. The topological polar surface area (TPSA) is 45.9 Å². The van der Waals surface area contributed by atoms with Gasteiger partial charge in [0.05, 0.1) is 17.3 Å². The summed E-state index contributed by atoms with van der Waals surface area (Å²) in [7, 11) is 0. The third-order valence-electron chi connectivity index (χ3n) is 5.96. The lowest BCUT2D eigenvalue weighted by Crippen LogP contribution is -2.06. The van der Waals surface area contributed by atoms with E-state index in [0.29, 0.717) is 18.1 Å². The molecule has 0 aliphatic carbocycles. The second-order valence-corrected chi connectivity index (χ2v) is 8.36. The van der Waals surface area contributed by atoms with E-state index in [1.165, 1.54) is 22.3 Å². The molecule has 0 N–H and O–H groups in total. The van der Waals surface area contributed by atoms with Crippen molar-refractivity contribution in [3.63, 3.8) is 0 Å². The fraction of sp³-hybridized carbons (Fsp3) is 0.357. The van der Waals surface area contributed by atoms with Gasteiger partial charge in [0.2, 0.25) is 0 Å². The first kappa shape index (κ1) is 22.6. The number of benzene rings is 2. The van der Waals surface area contributed by atoms with Crippen molar-refractivity contribution in [1.29, 1.82) is 5.26 Å². The van der Waals surface area contributed by atoms with Crippen LogP contribution >= 0.6 is 0 Å². The van der Waals surface area contributed by atoms with Crippen LogP contribution in [0.4, 0.5) is 0 Å². The standard InChI is InChI=1S/C28H32N2O/c1-7-21-10-9-11-22(8-2)28(21)26-14-24(16-29)25(20(6)30-26)17-31-27-15-23(18(3)4)13-12-19(27)5/h9-15,18H,7-8,17H2,1-6H3. The number of hydrogen-bond acceptors (Lipinski definition) is 3. The van der Waals surface area contributed by atoms with Gasteiger partial charge in [0.15, 0.2) is 0 Å². The minimum atomic E-state index is 0.334. The lowest BCUT2D eigenvalue weighted by atomic mass is 9.93. The smallest absolute Gasteiger partial charge is 0.123 e. The second-order valence-electron chi connectivity index (χ2n) is 8.36. The van der Waals surface area contributed by atoms with E-state index >= 15 is 0 Å². The lowest BCUT2D eigenvalue weighted by molar-refractivity contribution is 0.302. The van der Waals surface area contributed by atoms with E-state index in [1.54, 1.807) is 0 Å². The SMILES string of the molecule is CCc1cccc(CC)c1-c1cc(C#N)c(COc2cc(C(C)C)ccc2C)c(C)n1. The van der Waals surface area contributed by atoms with Crippen molar-refractivity contribution in [3.05, 3.63) is 81.5 Å². The Hall–Kier alpha value is -3.12. The number of pyridine rings is 1. The third kappa shape index (κ3) is 4.80. The van der Waals surface area contributed by atoms with E-state index in [0.717, 1.165) is 41.1 Å². The predicted molar refractivity (Wildman–Crippen MR) is 127 cm³/mol. The Kier molecular flexibility index (Phi) is 7.13. The zero-order valence-corrected chi connectivity index (χ0v) is 19.5. The molecule has 2 aromatic carbocycles. The third-order valence-corrected chi connectivity index (χ3v) is 5.96. The van der Waals surface area contributed by atoms with Crippen LogP contribution in [0.15, 0.2) is 42.5 Å². The first-order valence-corrected chi connectivity index (χ1v) is 11.1. The molecule has 1 aromatic heterocycles. The maximum absolute atomic E-state index is 9.90. The Morgan fingerprint density at radius 1 is 1.00 bits per heavy atom. The summed E-state index contributed by atoms with van der Waals surface area (Å²) in [5, 5.41) is 9.90. The van der Waals surface area contributed by atoms with Crippen molar-refractivity contribution in [1.82, 2.24) is 4.98 Å². The Balaban J connectivity index is 1.99. The first-order valence-electron chi connectivity index (χ1n) is 11.1. The molecule has 3 rings (SSSR count). The summed E-state index contributed by atoms with van der Waals surface area (Å²) >= 11 is 0. The van der Waals surface area contributed by atoms with Crippen LogP contribution < -0.4 is 4.74 Å². The molecule has 0 radical (unpaired) electrons. The van der Waals surface area contributed by atoms with E-state index in [4.69, 9.17) is 9.72 Å². The van der Waals surface area contributed by atoms with Crippen molar-refractivity contribution in [2.75, 3.05) is 0 Å². The van der Waals surface area contributed by atoms with Gasteiger partial charge < -0.3 is 4.74 Å². The quantitative estimate of drug-likeness (QED) is 0.417. The van der Waals surface area contributed by atoms with Gasteiger partial charge in [-0.1, -0.05) is 58.0 Å². The number of aromatic nitrogens is 1. The molecule has 0 amide bonds. The van der Waals surface area contributed by atoms with Crippen LogP contribution in [0.2, 0.25) is 0 Å². The van der Waals surface area contributed by atoms with E-state index < -0.39 is 0 Å². The summed E-state index contributed by atoms with van der Waals surface area (Å²) in [5.74, 6) is 1.30. The minimum absolute atomic E-state index is 0.334. The van der Waals surface area contributed by atoms with Crippen LogP contribution in [0.1, 0.15) is 72.7 Å². The summed E-state index contributed by atoms with van der Waals surface area (Å²) in [6.45, 7) is 13.0. The van der Waals surface area contributed by atoms with Crippen LogP contribution in [0.25, 0.3) is 11.3 Å². The molecule has 3 heteroatoms. The molecule has 0 saturated heterocycles. The van der Waals surface area contributed by atoms with Gasteiger partial charge in [-0.2, -0.15) is 5.26 Å². The molecule has 0 saturated carbocycles. The largest absolute Gasteiger partial charge is 0.489 e. The summed E-state index contributed by atoms with van der Waals surface area (Å²) in [4.78, 5) is 4.92. The first-order chi connectivity index (χ1) is 14.9. The van der Waals surface area contributed by atoms with Gasteiger partial charge in [0, 0.05) is 16.8 Å². The number of nitrogens with zero attached hydrogens (tertiary/aromatic N) is 2. The molecule has 3 aromatic rings. The van der Waals surface area contributed by atoms with Crippen molar-refractivity contribution in [2.24, 2.45) is 0 Å². The maximum atomic E-state index is 9.90. The highest BCUT2D eigenvalue weighted by molar-refractivity contribution is 5.70. The molecule has 0 spiro atoms. The van der Waals surface area contributed by atoms with E-state index in [-0.39, 0.29) is 0 Å². The van der Waals surface area contributed by atoms with E-state index in [1.807, 2.05) is 19.9 Å². The molecule has 0 atom stereocenters. The van der Waals surface area contributed by atoms with Gasteiger partial charge in [0.25, 0.3) is 0 Å². The molecule has 0 aliphatic heterocycles. The number of nitriles is 1. The van der Waals surface area contributed by atoms with Crippen molar-refractivity contribution < 1.29 is 4.74 Å². The zero-order chi connectivity index (χ0) is 22.5. The minimum Gasteiger partial charge on any atom is -0.489 e. The van der Waals surface area contributed by atoms with Gasteiger partial charge in [-0.15, -0.1) is 0 Å². The summed E-state index contributed by atoms with van der Waals surface area (Å²) in [6, 6.07) is 17.1. The highest BCUT2D eigenvalue weighted by atomic mass is 16.5. The summed E-state index contributed by atoms with van der Waals surface area (Å²) in [6.07, 6.45) is 1.87. The highest BCUT2D eigenvalue weighted by Crippen LogP contribution is 2.31. The van der Waals surface area contributed by atoms with Crippen LogP contribution in [-0.2, 0) is 19.4 Å². The molecular formula is C28H32N2O. The van der Waals surface area contributed by atoms with Gasteiger partial charge in [0.1, 0.15) is 12.4 Å². The molecule has 0 aliphatic rings. The van der Waals surface area contributed by atoms with Gasteiger partial charge in [-0.05, 0) is 67.0 Å². The molecule has 1 heterocycles.